The van der Waals surface area contributed by atoms with Gasteiger partial charge in [0.2, 0.25) is 15.5 Å². The first-order valence-electron chi connectivity index (χ1n) is 4.77. The lowest BCUT2D eigenvalue weighted by molar-refractivity contribution is 0.561. The van der Waals surface area contributed by atoms with Crippen LogP contribution in [0.1, 0.15) is 5.56 Å². The second-order valence-corrected chi connectivity index (χ2v) is 5.06. The molecule has 0 aliphatic carbocycles. The molecule has 0 aliphatic heterocycles. The van der Waals surface area contributed by atoms with E-state index < -0.39 is 15.5 Å². The van der Waals surface area contributed by atoms with Gasteiger partial charge in [-0.2, -0.15) is 0 Å². The molecule has 0 atom stereocenters. The maximum Gasteiger partial charge on any atom is 0.246 e. The summed E-state index contributed by atoms with van der Waals surface area (Å²) in [6, 6.07) is 2.80. The van der Waals surface area contributed by atoms with E-state index in [1.165, 1.54) is 18.7 Å². The molecule has 0 saturated heterocycles. The smallest absolute Gasteiger partial charge is 0.246 e. The lowest BCUT2D eigenvalue weighted by Gasteiger charge is -2.03. The molecule has 2 heterocycles. The van der Waals surface area contributed by atoms with Gasteiger partial charge >= 0.3 is 0 Å². The normalized spacial score (nSPS) is 11.5. The Hall–Kier alpha value is -1.86. The van der Waals surface area contributed by atoms with Crippen molar-refractivity contribution in [2.24, 2.45) is 0 Å². The number of furan rings is 1. The number of hydrogen-bond acceptors (Lipinski definition) is 4. The number of aromatic nitrogens is 1. The number of pyridine rings is 1. The summed E-state index contributed by atoms with van der Waals surface area (Å²) in [4.78, 5) is 13.6. The third-order valence-electron chi connectivity index (χ3n) is 2.12. The molecule has 0 aliphatic rings. The number of H-pyrrole nitrogens is 1. The van der Waals surface area contributed by atoms with E-state index in [1.807, 2.05) is 0 Å². The zero-order valence-electron chi connectivity index (χ0n) is 8.71. The van der Waals surface area contributed by atoms with Crippen LogP contribution in [0.3, 0.4) is 0 Å². The zero-order valence-corrected chi connectivity index (χ0v) is 9.53. The second kappa shape index (κ2) is 4.56. The molecule has 17 heavy (non-hydrogen) atoms. The molecular formula is C10H10N2O4S. The number of aromatic amines is 1. The van der Waals surface area contributed by atoms with Crippen molar-refractivity contribution in [3.8, 4) is 0 Å². The summed E-state index contributed by atoms with van der Waals surface area (Å²) in [5, 5.41) is 0. The highest BCUT2D eigenvalue weighted by molar-refractivity contribution is 7.89. The number of hydrogen-bond donors (Lipinski definition) is 2. The Bertz CT molecular complexity index is 643. The first-order chi connectivity index (χ1) is 8.09. The topological polar surface area (TPSA) is 92.2 Å². The van der Waals surface area contributed by atoms with E-state index in [0.717, 1.165) is 12.3 Å². The number of rotatable bonds is 4. The SMILES string of the molecule is O=c1cc[nH]cc1S(=O)(=O)NCc1ccoc1. The minimum Gasteiger partial charge on any atom is -0.472 e. The maximum absolute atomic E-state index is 11.8. The van der Waals surface area contributed by atoms with Gasteiger partial charge in [0.15, 0.2) is 0 Å². The first-order valence-corrected chi connectivity index (χ1v) is 6.26. The summed E-state index contributed by atoms with van der Waals surface area (Å²) in [6.07, 6.45) is 5.40. The lowest BCUT2D eigenvalue weighted by Crippen LogP contribution is -2.27. The van der Waals surface area contributed by atoms with Gasteiger partial charge in [0, 0.05) is 30.6 Å². The van der Waals surface area contributed by atoms with E-state index in [0.29, 0.717) is 5.56 Å². The lowest BCUT2D eigenvalue weighted by atomic mass is 10.4. The van der Waals surface area contributed by atoms with Crippen molar-refractivity contribution >= 4 is 10.0 Å². The third kappa shape index (κ3) is 2.63. The standard InChI is InChI=1S/C10H10N2O4S/c13-9-1-3-11-6-10(9)17(14,15)12-5-8-2-4-16-7-8/h1-4,6-7,12H,5H2,(H,11,13). The number of sulfonamides is 1. The largest absolute Gasteiger partial charge is 0.472 e. The molecule has 2 aromatic heterocycles. The van der Waals surface area contributed by atoms with Crippen LogP contribution < -0.4 is 10.2 Å². The van der Waals surface area contributed by atoms with Crippen LogP contribution in [-0.2, 0) is 16.6 Å². The fraction of sp³-hybridized carbons (Fsp3) is 0.100. The molecule has 0 bridgehead atoms. The molecule has 0 aromatic carbocycles. The predicted molar refractivity (Wildman–Crippen MR) is 59.8 cm³/mol. The van der Waals surface area contributed by atoms with E-state index in [2.05, 4.69) is 9.71 Å². The predicted octanol–water partition coefficient (Wildman–Crippen LogP) is 0.446. The minimum absolute atomic E-state index is 0.0766. The van der Waals surface area contributed by atoms with Crippen LogP contribution in [0, 0.1) is 0 Å². The molecule has 2 aromatic rings. The average molecular weight is 254 g/mol. The fourth-order valence-corrected chi connectivity index (χ4v) is 2.33. The summed E-state index contributed by atoms with van der Waals surface area (Å²) in [5.41, 5.74) is 0.129. The van der Waals surface area contributed by atoms with Gasteiger partial charge in [-0.1, -0.05) is 0 Å². The van der Waals surface area contributed by atoms with Crippen molar-refractivity contribution in [3.05, 3.63) is 52.8 Å². The van der Waals surface area contributed by atoms with Crippen molar-refractivity contribution in [1.29, 1.82) is 0 Å². The van der Waals surface area contributed by atoms with Crippen LogP contribution >= 0.6 is 0 Å². The fourth-order valence-electron chi connectivity index (χ4n) is 1.26. The Morgan fingerprint density at radius 2 is 2.18 bits per heavy atom. The molecule has 6 nitrogen and oxygen atoms in total. The van der Waals surface area contributed by atoms with Crippen LogP contribution in [0.4, 0.5) is 0 Å². The Balaban J connectivity index is 2.20. The Kier molecular flexibility index (Phi) is 3.12. The Morgan fingerprint density at radius 1 is 1.35 bits per heavy atom. The van der Waals surface area contributed by atoms with Gasteiger partial charge < -0.3 is 9.40 Å². The molecule has 0 amide bonds. The molecule has 2 N–H and O–H groups in total. The van der Waals surface area contributed by atoms with Crippen molar-refractivity contribution in [2.45, 2.75) is 11.4 Å². The third-order valence-corrected chi connectivity index (χ3v) is 3.55. The van der Waals surface area contributed by atoms with Crippen LogP contribution in [-0.4, -0.2) is 13.4 Å². The Morgan fingerprint density at radius 3 is 2.82 bits per heavy atom. The summed E-state index contributed by atoms with van der Waals surface area (Å²) in [7, 11) is -3.80. The van der Waals surface area contributed by atoms with E-state index >= 15 is 0 Å². The van der Waals surface area contributed by atoms with Crippen molar-refractivity contribution < 1.29 is 12.8 Å². The monoisotopic (exact) mass is 254 g/mol. The van der Waals surface area contributed by atoms with Gasteiger partial charge in [-0.15, -0.1) is 0 Å². The highest BCUT2D eigenvalue weighted by Gasteiger charge is 2.17. The zero-order chi connectivity index (χ0) is 12.3. The van der Waals surface area contributed by atoms with Gasteiger partial charge in [0.1, 0.15) is 4.90 Å². The average Bonchev–Trinajstić information content (AvgIpc) is 2.80. The van der Waals surface area contributed by atoms with E-state index in [9.17, 15) is 13.2 Å². The highest BCUT2D eigenvalue weighted by atomic mass is 32.2. The molecule has 0 unspecified atom stereocenters. The number of nitrogens with one attached hydrogen (secondary N) is 2. The summed E-state index contributed by atoms with van der Waals surface area (Å²) < 4.78 is 30.7. The molecule has 0 fully saturated rings. The summed E-state index contributed by atoms with van der Waals surface area (Å²) >= 11 is 0. The van der Waals surface area contributed by atoms with E-state index in [1.54, 1.807) is 6.07 Å². The van der Waals surface area contributed by atoms with Crippen molar-refractivity contribution in [3.63, 3.8) is 0 Å². The highest BCUT2D eigenvalue weighted by Crippen LogP contribution is 2.04. The summed E-state index contributed by atoms with van der Waals surface area (Å²) in [6.45, 7) is 0.0766. The van der Waals surface area contributed by atoms with Crippen LogP contribution in [0.2, 0.25) is 0 Å². The van der Waals surface area contributed by atoms with Crippen LogP contribution in [0.25, 0.3) is 0 Å². The van der Waals surface area contributed by atoms with Gasteiger partial charge in [0.05, 0.1) is 12.5 Å². The van der Waals surface area contributed by atoms with Gasteiger partial charge in [-0.25, -0.2) is 13.1 Å². The summed E-state index contributed by atoms with van der Waals surface area (Å²) in [5.74, 6) is 0. The van der Waals surface area contributed by atoms with E-state index in [4.69, 9.17) is 4.42 Å². The van der Waals surface area contributed by atoms with Crippen LogP contribution in [0.5, 0.6) is 0 Å². The van der Waals surface area contributed by atoms with Crippen LogP contribution in [0.15, 0.2) is 51.2 Å². The maximum atomic E-state index is 11.8. The molecule has 7 heteroatoms. The van der Waals surface area contributed by atoms with Gasteiger partial charge in [-0.3, -0.25) is 4.79 Å². The molecule has 2 rings (SSSR count). The molecule has 0 spiro atoms. The molecule has 0 saturated carbocycles. The second-order valence-electron chi connectivity index (χ2n) is 3.33. The molecule has 90 valence electrons. The van der Waals surface area contributed by atoms with Crippen molar-refractivity contribution in [1.82, 2.24) is 9.71 Å². The van der Waals surface area contributed by atoms with Gasteiger partial charge in [0.25, 0.3) is 0 Å². The Labute approximate surface area is 97.3 Å². The van der Waals surface area contributed by atoms with E-state index in [-0.39, 0.29) is 11.4 Å². The first kappa shape index (κ1) is 11.6. The molecular weight excluding hydrogens is 244 g/mol. The quantitative estimate of drug-likeness (QED) is 0.828. The van der Waals surface area contributed by atoms with Crippen molar-refractivity contribution in [2.75, 3.05) is 0 Å². The van der Waals surface area contributed by atoms with Gasteiger partial charge in [-0.05, 0) is 6.07 Å². The molecule has 0 radical (unpaired) electrons. The minimum atomic E-state index is -3.80.